The fourth-order valence-corrected chi connectivity index (χ4v) is 2.57. The molecule has 152 valence electrons. The zero-order valence-electron chi connectivity index (χ0n) is 16.6. The van der Waals surface area contributed by atoms with Crippen molar-refractivity contribution >= 4 is 11.6 Å². The first-order valence-electron chi connectivity index (χ1n) is 9.40. The number of rotatable bonds is 10. The summed E-state index contributed by atoms with van der Waals surface area (Å²) in [6.45, 7) is 5.48. The van der Waals surface area contributed by atoms with Gasteiger partial charge in [-0.3, -0.25) is 4.79 Å². The molecule has 0 aliphatic rings. The first kappa shape index (κ1) is 21.6. The summed E-state index contributed by atoms with van der Waals surface area (Å²) in [6.07, 6.45) is 2.06. The number of hydrogen-bond donors (Lipinski definition) is 3. The van der Waals surface area contributed by atoms with E-state index in [1.165, 1.54) is 18.3 Å². The average molecular weight is 395 g/mol. The molecule has 0 fully saturated rings. The molecule has 1 amide bonds. The number of amides is 1. The van der Waals surface area contributed by atoms with E-state index in [0.29, 0.717) is 43.4 Å². The molecule has 2 aromatic carbocycles. The summed E-state index contributed by atoms with van der Waals surface area (Å²) in [5.74, 6) is 0.891. The Labute approximate surface area is 170 Å². The van der Waals surface area contributed by atoms with Crippen LogP contribution in [-0.2, 0) is 11.2 Å². The summed E-state index contributed by atoms with van der Waals surface area (Å²) in [4.78, 5) is 12.2. The molecular formula is C22H25N3O4. The van der Waals surface area contributed by atoms with Crippen molar-refractivity contribution in [2.24, 2.45) is 0 Å². The van der Waals surface area contributed by atoms with Gasteiger partial charge in [0.25, 0.3) is 5.91 Å². The molecule has 7 nitrogen and oxygen atoms in total. The maximum Gasteiger partial charge on any atom is 0.267 e. The molecule has 0 saturated carbocycles. The minimum Gasteiger partial charge on any atom is -0.508 e. The number of aromatic hydroxyl groups is 1. The smallest absolute Gasteiger partial charge is 0.267 e. The normalized spacial score (nSPS) is 10.7. The maximum atomic E-state index is 12.2. The third-order valence-electron chi connectivity index (χ3n) is 3.88. The van der Waals surface area contributed by atoms with Crippen LogP contribution in [0.3, 0.4) is 0 Å². The van der Waals surface area contributed by atoms with Crippen molar-refractivity contribution in [1.29, 1.82) is 5.26 Å². The first-order chi connectivity index (χ1) is 14.1. The van der Waals surface area contributed by atoms with Crippen molar-refractivity contribution in [3.05, 3.63) is 59.8 Å². The molecule has 0 spiro atoms. The summed E-state index contributed by atoms with van der Waals surface area (Å²) >= 11 is 0. The second kappa shape index (κ2) is 11.2. The lowest BCUT2D eigenvalue weighted by Gasteiger charge is -2.12. The summed E-state index contributed by atoms with van der Waals surface area (Å²) in [5, 5.41) is 24.2. The Hall–Kier alpha value is -3.66. The molecule has 2 rings (SSSR count). The Kier molecular flexibility index (Phi) is 8.39. The largest absolute Gasteiger partial charge is 0.508 e. The molecule has 0 aromatic heterocycles. The predicted octanol–water partition coefficient (Wildman–Crippen LogP) is 3.37. The van der Waals surface area contributed by atoms with Crippen molar-refractivity contribution in [2.75, 3.05) is 25.1 Å². The van der Waals surface area contributed by atoms with Gasteiger partial charge in [0.15, 0.2) is 11.5 Å². The summed E-state index contributed by atoms with van der Waals surface area (Å²) in [7, 11) is 0. The van der Waals surface area contributed by atoms with Crippen LogP contribution in [0.4, 0.5) is 5.69 Å². The zero-order chi connectivity index (χ0) is 21.1. The third kappa shape index (κ3) is 6.78. The van der Waals surface area contributed by atoms with E-state index in [9.17, 15) is 15.2 Å². The minimum atomic E-state index is -0.551. The second-order valence-corrected chi connectivity index (χ2v) is 6.03. The number of phenolic OH excluding ortho intramolecular Hbond substituents is 1. The Balaban J connectivity index is 1.93. The van der Waals surface area contributed by atoms with Gasteiger partial charge in [0.05, 0.1) is 13.2 Å². The number of nitriles is 1. The van der Waals surface area contributed by atoms with E-state index in [2.05, 4.69) is 10.6 Å². The zero-order valence-corrected chi connectivity index (χ0v) is 16.6. The highest BCUT2D eigenvalue weighted by atomic mass is 16.5. The lowest BCUT2D eigenvalue weighted by Crippen LogP contribution is -2.18. The van der Waals surface area contributed by atoms with Crippen LogP contribution in [0.5, 0.6) is 17.2 Å². The molecule has 7 heteroatoms. The van der Waals surface area contributed by atoms with Crippen LogP contribution >= 0.6 is 0 Å². The molecule has 0 saturated heterocycles. The van der Waals surface area contributed by atoms with Gasteiger partial charge in [0, 0.05) is 24.5 Å². The van der Waals surface area contributed by atoms with Crippen LogP contribution < -0.4 is 20.1 Å². The number of phenols is 1. The Morgan fingerprint density at radius 1 is 1.14 bits per heavy atom. The van der Waals surface area contributed by atoms with E-state index >= 15 is 0 Å². The molecule has 29 heavy (non-hydrogen) atoms. The molecule has 0 radical (unpaired) electrons. The van der Waals surface area contributed by atoms with Crippen molar-refractivity contribution in [1.82, 2.24) is 5.32 Å². The van der Waals surface area contributed by atoms with E-state index in [0.717, 1.165) is 5.56 Å². The third-order valence-corrected chi connectivity index (χ3v) is 3.88. The van der Waals surface area contributed by atoms with Gasteiger partial charge in [-0.15, -0.1) is 0 Å². The van der Waals surface area contributed by atoms with Crippen molar-refractivity contribution in [3.63, 3.8) is 0 Å². The fourth-order valence-electron chi connectivity index (χ4n) is 2.57. The van der Waals surface area contributed by atoms with Gasteiger partial charge in [-0.1, -0.05) is 12.1 Å². The molecule has 0 bridgehead atoms. The van der Waals surface area contributed by atoms with Gasteiger partial charge in [-0.25, -0.2) is 0 Å². The second-order valence-electron chi connectivity index (χ2n) is 6.03. The highest BCUT2D eigenvalue weighted by Gasteiger charge is 2.10. The number of benzene rings is 2. The Morgan fingerprint density at radius 3 is 2.59 bits per heavy atom. The fraction of sp³-hybridized carbons (Fsp3) is 0.273. The number of anilines is 1. The monoisotopic (exact) mass is 395 g/mol. The van der Waals surface area contributed by atoms with Crippen LogP contribution in [0.25, 0.3) is 0 Å². The highest BCUT2D eigenvalue weighted by Crippen LogP contribution is 2.28. The quantitative estimate of drug-likeness (QED) is 0.324. The summed E-state index contributed by atoms with van der Waals surface area (Å²) in [6, 6.07) is 13.8. The molecule has 0 atom stereocenters. The predicted molar refractivity (Wildman–Crippen MR) is 111 cm³/mol. The van der Waals surface area contributed by atoms with Gasteiger partial charge >= 0.3 is 0 Å². The number of ether oxygens (including phenoxy) is 2. The Morgan fingerprint density at radius 2 is 1.90 bits per heavy atom. The standard InChI is InChI=1S/C22H25N3O4/c1-3-28-20-9-8-16(12-21(20)29-4-2)10-11-24-15-17(14-23)22(27)25-18-6-5-7-19(26)13-18/h5-9,12-13,15,24,26H,3-4,10-11H2,1-2H3,(H,25,27)/b17-15-. The van der Waals surface area contributed by atoms with E-state index < -0.39 is 5.91 Å². The highest BCUT2D eigenvalue weighted by molar-refractivity contribution is 6.06. The van der Waals surface area contributed by atoms with Crippen molar-refractivity contribution in [2.45, 2.75) is 20.3 Å². The van der Waals surface area contributed by atoms with Crippen LogP contribution in [0, 0.1) is 11.3 Å². The SMILES string of the molecule is CCOc1ccc(CCN/C=C(/C#N)C(=O)Nc2cccc(O)c2)cc1OCC. The number of nitrogens with one attached hydrogen (secondary N) is 2. The van der Waals surface area contributed by atoms with Gasteiger partial charge < -0.3 is 25.2 Å². The number of carbonyl (C=O) groups is 1. The summed E-state index contributed by atoms with van der Waals surface area (Å²) in [5.41, 5.74) is 1.39. The number of nitrogens with zero attached hydrogens (tertiary/aromatic N) is 1. The van der Waals surface area contributed by atoms with E-state index in [4.69, 9.17) is 9.47 Å². The number of hydrogen-bond acceptors (Lipinski definition) is 6. The van der Waals surface area contributed by atoms with Crippen LogP contribution in [0.15, 0.2) is 54.2 Å². The molecule has 0 aliphatic carbocycles. The molecule has 2 aromatic rings. The number of carbonyl (C=O) groups excluding carboxylic acids is 1. The van der Waals surface area contributed by atoms with E-state index in [1.54, 1.807) is 12.1 Å². The Bertz CT molecular complexity index is 903. The van der Waals surface area contributed by atoms with Gasteiger partial charge in [-0.2, -0.15) is 5.26 Å². The van der Waals surface area contributed by atoms with Crippen LogP contribution in [-0.4, -0.2) is 30.8 Å². The van der Waals surface area contributed by atoms with Crippen LogP contribution in [0.1, 0.15) is 19.4 Å². The molecule has 0 unspecified atom stereocenters. The van der Waals surface area contributed by atoms with Gasteiger partial charge in [0.1, 0.15) is 17.4 Å². The van der Waals surface area contributed by atoms with Gasteiger partial charge in [-0.05, 0) is 50.1 Å². The minimum absolute atomic E-state index is 0.0326. The summed E-state index contributed by atoms with van der Waals surface area (Å²) < 4.78 is 11.2. The van der Waals surface area contributed by atoms with Gasteiger partial charge in [0.2, 0.25) is 0 Å². The first-order valence-corrected chi connectivity index (χ1v) is 9.40. The van der Waals surface area contributed by atoms with E-state index in [-0.39, 0.29) is 11.3 Å². The topological polar surface area (TPSA) is 104 Å². The van der Waals surface area contributed by atoms with Crippen molar-refractivity contribution in [3.8, 4) is 23.3 Å². The molecular weight excluding hydrogens is 370 g/mol. The molecule has 0 heterocycles. The van der Waals surface area contributed by atoms with Crippen LogP contribution in [0.2, 0.25) is 0 Å². The maximum absolute atomic E-state index is 12.2. The lowest BCUT2D eigenvalue weighted by atomic mass is 10.1. The average Bonchev–Trinajstić information content (AvgIpc) is 2.70. The van der Waals surface area contributed by atoms with E-state index in [1.807, 2.05) is 38.1 Å². The molecule has 0 aliphatic heterocycles. The van der Waals surface area contributed by atoms with Crippen molar-refractivity contribution < 1.29 is 19.4 Å². The lowest BCUT2D eigenvalue weighted by molar-refractivity contribution is -0.112. The molecule has 3 N–H and O–H groups in total.